The lowest BCUT2D eigenvalue weighted by Gasteiger charge is -2.36. The molecule has 6 rings (SSSR count). The molecule has 38 heavy (non-hydrogen) atoms. The summed E-state index contributed by atoms with van der Waals surface area (Å²) in [6.07, 6.45) is 11.1. The minimum atomic E-state index is -0.0118. The number of aromatic nitrogens is 4. The first-order chi connectivity index (χ1) is 18.6. The third-order valence-electron chi connectivity index (χ3n) is 7.65. The summed E-state index contributed by atoms with van der Waals surface area (Å²) in [5, 5.41) is 7.79. The second-order valence-corrected chi connectivity index (χ2v) is 9.94. The van der Waals surface area contributed by atoms with Crippen molar-refractivity contribution in [2.45, 2.75) is 18.9 Å². The number of nitrogens with one attached hydrogen (secondary N) is 2. The van der Waals surface area contributed by atoms with Crippen LogP contribution >= 0.6 is 0 Å². The molecule has 2 amide bonds. The number of carbonyl (C=O) groups is 1. The standard InChI is InChI=1S/C30H31N7O/c1-31-30(38)37-14-8-21(9-15-37)28(23-4-3-10-32-19-23)35-24-17-25(29-26(18-24)33-11-12-34-29)22-6-5-20-7-13-36(2)27(20)16-22/h3-7,10-13,16-19,21,28,35H,8-9,14-15H2,1-2H3,(H,31,38). The number of fused-ring (bicyclic) bond motifs is 2. The molecule has 1 saturated heterocycles. The van der Waals surface area contributed by atoms with Crippen molar-refractivity contribution in [2.75, 3.05) is 25.5 Å². The lowest BCUT2D eigenvalue weighted by Crippen LogP contribution is -2.44. The summed E-state index contributed by atoms with van der Waals surface area (Å²) in [5.41, 5.74) is 7.17. The summed E-state index contributed by atoms with van der Waals surface area (Å²) >= 11 is 0. The van der Waals surface area contributed by atoms with Crippen molar-refractivity contribution in [2.24, 2.45) is 13.0 Å². The molecule has 1 aliphatic heterocycles. The average molecular weight is 506 g/mol. The Morgan fingerprint density at radius 1 is 1.03 bits per heavy atom. The summed E-state index contributed by atoms with van der Waals surface area (Å²) < 4.78 is 2.14. The predicted octanol–water partition coefficient (Wildman–Crippen LogP) is 5.39. The molecule has 2 N–H and O–H groups in total. The van der Waals surface area contributed by atoms with E-state index in [1.807, 2.05) is 17.2 Å². The van der Waals surface area contributed by atoms with E-state index in [0.29, 0.717) is 5.92 Å². The minimum Gasteiger partial charge on any atom is -0.378 e. The molecule has 0 bridgehead atoms. The van der Waals surface area contributed by atoms with E-state index >= 15 is 0 Å². The van der Waals surface area contributed by atoms with Gasteiger partial charge in [-0.1, -0.05) is 18.2 Å². The van der Waals surface area contributed by atoms with Crippen LogP contribution in [0.4, 0.5) is 10.5 Å². The molecule has 1 atom stereocenters. The van der Waals surface area contributed by atoms with E-state index in [1.165, 1.54) is 10.9 Å². The molecule has 1 aliphatic rings. The highest BCUT2D eigenvalue weighted by molar-refractivity contribution is 5.97. The van der Waals surface area contributed by atoms with Gasteiger partial charge >= 0.3 is 6.03 Å². The van der Waals surface area contributed by atoms with Crippen LogP contribution in [0.5, 0.6) is 0 Å². The normalized spacial score (nSPS) is 15.1. The van der Waals surface area contributed by atoms with Gasteiger partial charge in [-0.25, -0.2) is 4.79 Å². The van der Waals surface area contributed by atoms with E-state index in [-0.39, 0.29) is 12.1 Å². The molecule has 0 radical (unpaired) electrons. The van der Waals surface area contributed by atoms with Gasteiger partial charge in [0.05, 0.1) is 17.1 Å². The van der Waals surface area contributed by atoms with Crippen LogP contribution in [0.2, 0.25) is 0 Å². The Hall–Kier alpha value is -4.46. The van der Waals surface area contributed by atoms with Crippen LogP contribution in [0.1, 0.15) is 24.4 Å². The highest BCUT2D eigenvalue weighted by Crippen LogP contribution is 2.37. The molecular weight excluding hydrogens is 474 g/mol. The number of urea groups is 1. The van der Waals surface area contributed by atoms with E-state index in [9.17, 15) is 4.79 Å². The topological polar surface area (TPSA) is 88.0 Å². The van der Waals surface area contributed by atoms with Crippen molar-refractivity contribution in [1.82, 2.24) is 29.7 Å². The number of rotatable bonds is 5. The fourth-order valence-corrected chi connectivity index (χ4v) is 5.61. The van der Waals surface area contributed by atoms with Crippen molar-refractivity contribution >= 4 is 33.7 Å². The first-order valence-corrected chi connectivity index (χ1v) is 13.0. The molecule has 8 nitrogen and oxygen atoms in total. The monoisotopic (exact) mass is 505 g/mol. The average Bonchev–Trinajstić information content (AvgIpc) is 3.35. The fraction of sp³-hybridized carbons (Fsp3) is 0.267. The number of pyridine rings is 1. The van der Waals surface area contributed by atoms with Gasteiger partial charge in [0.15, 0.2) is 0 Å². The molecule has 0 saturated carbocycles. The van der Waals surface area contributed by atoms with Crippen LogP contribution in [-0.4, -0.2) is 50.6 Å². The second-order valence-electron chi connectivity index (χ2n) is 9.94. The van der Waals surface area contributed by atoms with Gasteiger partial charge in [0.2, 0.25) is 0 Å². The Balaban J connectivity index is 1.38. The molecule has 1 fully saturated rings. The van der Waals surface area contributed by atoms with Crippen LogP contribution in [0.25, 0.3) is 33.1 Å². The van der Waals surface area contributed by atoms with Crippen molar-refractivity contribution in [3.8, 4) is 11.1 Å². The van der Waals surface area contributed by atoms with Crippen LogP contribution in [0.3, 0.4) is 0 Å². The molecule has 3 aromatic heterocycles. The number of piperidine rings is 1. The third kappa shape index (κ3) is 4.53. The zero-order valence-electron chi connectivity index (χ0n) is 21.6. The van der Waals surface area contributed by atoms with Crippen molar-refractivity contribution in [3.05, 3.63) is 85.1 Å². The molecular formula is C30H31N7O. The highest BCUT2D eigenvalue weighted by Gasteiger charge is 2.29. The second kappa shape index (κ2) is 10.1. The first kappa shape index (κ1) is 23.9. The SMILES string of the molecule is CNC(=O)N1CCC(C(Nc2cc(-c3ccc4ccn(C)c4c3)c3nccnc3c2)c2cccnc2)CC1. The van der Waals surface area contributed by atoms with Gasteiger partial charge in [-0.05, 0) is 65.6 Å². The number of anilines is 1. The number of amides is 2. The number of hydrogen-bond donors (Lipinski definition) is 2. The summed E-state index contributed by atoms with van der Waals surface area (Å²) in [6, 6.07) is 17.1. The smallest absolute Gasteiger partial charge is 0.317 e. The number of hydrogen-bond acceptors (Lipinski definition) is 5. The first-order valence-electron chi connectivity index (χ1n) is 13.0. The maximum Gasteiger partial charge on any atom is 0.317 e. The maximum absolute atomic E-state index is 12.2. The molecule has 5 aromatic rings. The third-order valence-corrected chi connectivity index (χ3v) is 7.65. The Kier molecular flexibility index (Phi) is 6.37. The summed E-state index contributed by atoms with van der Waals surface area (Å²) in [5.74, 6) is 0.348. The molecule has 2 aromatic carbocycles. The van der Waals surface area contributed by atoms with Gasteiger partial charge in [0, 0.05) is 74.9 Å². The van der Waals surface area contributed by atoms with Crippen LogP contribution < -0.4 is 10.6 Å². The highest BCUT2D eigenvalue weighted by atomic mass is 16.2. The van der Waals surface area contributed by atoms with E-state index in [1.54, 1.807) is 25.6 Å². The van der Waals surface area contributed by atoms with Crippen LogP contribution in [0, 0.1) is 5.92 Å². The van der Waals surface area contributed by atoms with Crippen LogP contribution in [0.15, 0.2) is 79.5 Å². The zero-order chi connectivity index (χ0) is 26.1. The number of benzene rings is 2. The number of likely N-dealkylation sites (tertiary alicyclic amines) is 1. The van der Waals surface area contributed by atoms with Gasteiger partial charge in [0.25, 0.3) is 0 Å². The molecule has 0 spiro atoms. The summed E-state index contributed by atoms with van der Waals surface area (Å²) in [4.78, 5) is 27.8. The lowest BCUT2D eigenvalue weighted by molar-refractivity contribution is 0.167. The van der Waals surface area contributed by atoms with Gasteiger partial charge in [-0.2, -0.15) is 0 Å². The van der Waals surface area contributed by atoms with Gasteiger partial charge < -0.3 is 20.1 Å². The summed E-state index contributed by atoms with van der Waals surface area (Å²) in [7, 11) is 3.75. The van der Waals surface area contributed by atoms with Crippen LogP contribution in [-0.2, 0) is 7.05 Å². The summed E-state index contributed by atoms with van der Waals surface area (Å²) in [6.45, 7) is 1.46. The predicted molar refractivity (Wildman–Crippen MR) is 151 cm³/mol. The Labute approximate surface area is 221 Å². The van der Waals surface area contributed by atoms with Crippen molar-refractivity contribution < 1.29 is 4.79 Å². The Morgan fingerprint density at radius 2 is 1.87 bits per heavy atom. The fourth-order valence-electron chi connectivity index (χ4n) is 5.61. The lowest BCUT2D eigenvalue weighted by atomic mass is 9.85. The Morgan fingerprint density at radius 3 is 2.66 bits per heavy atom. The number of carbonyl (C=O) groups excluding carboxylic acids is 1. The van der Waals surface area contributed by atoms with E-state index < -0.39 is 0 Å². The van der Waals surface area contributed by atoms with Gasteiger partial charge in [0.1, 0.15) is 0 Å². The molecule has 0 aliphatic carbocycles. The van der Waals surface area contributed by atoms with Gasteiger partial charge in [-0.3, -0.25) is 15.0 Å². The van der Waals surface area contributed by atoms with E-state index in [2.05, 4.69) is 80.9 Å². The van der Waals surface area contributed by atoms with E-state index in [4.69, 9.17) is 4.98 Å². The number of aryl methyl sites for hydroxylation is 1. The quantitative estimate of drug-likeness (QED) is 0.334. The largest absolute Gasteiger partial charge is 0.378 e. The molecule has 1 unspecified atom stereocenters. The maximum atomic E-state index is 12.2. The van der Waals surface area contributed by atoms with Crippen molar-refractivity contribution in [3.63, 3.8) is 0 Å². The molecule has 8 heteroatoms. The molecule has 4 heterocycles. The van der Waals surface area contributed by atoms with Crippen molar-refractivity contribution in [1.29, 1.82) is 0 Å². The zero-order valence-corrected chi connectivity index (χ0v) is 21.6. The number of nitrogens with zero attached hydrogens (tertiary/aromatic N) is 5. The Bertz CT molecular complexity index is 1590. The van der Waals surface area contributed by atoms with Gasteiger partial charge in [-0.15, -0.1) is 0 Å². The molecule has 192 valence electrons. The van der Waals surface area contributed by atoms with E-state index in [0.717, 1.165) is 59.3 Å². The minimum absolute atomic E-state index is 0.0118.